The van der Waals surface area contributed by atoms with Crippen molar-refractivity contribution in [3.8, 4) is 75.6 Å². The lowest BCUT2D eigenvalue weighted by molar-refractivity contribution is -0.178. The molecular formula is C104H116B2Br2Cl3N11O12Si2. The molecule has 8 aromatic rings. The molecule has 136 heavy (non-hydrogen) atoms. The first kappa shape index (κ1) is 111. The number of ketones is 3. The number of aliphatic imine (C=N–C) groups is 2. The molecule has 0 bridgehead atoms. The van der Waals surface area contributed by atoms with E-state index in [0.29, 0.717) is 87.8 Å². The molecular weight excluding hydrogens is 1940 g/mol. The Labute approximate surface area is 838 Å². The molecule has 5 aliphatic carbocycles. The summed E-state index contributed by atoms with van der Waals surface area (Å²) < 4.78 is 37.5. The van der Waals surface area contributed by atoms with Crippen molar-refractivity contribution >= 4 is 151 Å². The van der Waals surface area contributed by atoms with Crippen molar-refractivity contribution in [1.82, 2.24) is 10.5 Å². The monoisotopic (exact) mass is 2050 g/mol. The number of hydroxylamine groups is 3. The van der Waals surface area contributed by atoms with Crippen LogP contribution in [0.5, 0.6) is 0 Å². The molecule has 32 heteroatoms. The second-order valence-electron chi connectivity index (χ2n) is 35.3. The summed E-state index contributed by atoms with van der Waals surface area (Å²) in [4.78, 5) is 61.4. The number of carbonyl (C=O) groups is 3. The fourth-order valence-electron chi connectivity index (χ4n) is 17.8. The predicted octanol–water partition coefficient (Wildman–Crippen LogP) is 21.9. The summed E-state index contributed by atoms with van der Waals surface area (Å²) in [5, 5.41) is 32.9. The van der Waals surface area contributed by atoms with Crippen LogP contribution in [-0.4, -0.2) is 178 Å². The Balaban J connectivity index is 0.000000219. The van der Waals surface area contributed by atoms with Crippen molar-refractivity contribution in [3.63, 3.8) is 0 Å². The van der Waals surface area contributed by atoms with Crippen LogP contribution >= 0.6 is 67.5 Å². The minimum Gasteiger partial charge on any atom is -0.461 e. The number of fused-ring (bicyclic) bond motifs is 10. The number of terminal acetylenes is 1. The third-order valence-electron chi connectivity index (χ3n) is 24.2. The molecule has 6 N–H and O–H groups in total. The van der Waals surface area contributed by atoms with E-state index in [9.17, 15) is 14.4 Å². The van der Waals surface area contributed by atoms with Gasteiger partial charge in [0.2, 0.25) is 17.9 Å². The van der Waals surface area contributed by atoms with Gasteiger partial charge >= 0.3 is 0 Å². The number of Topliss-reactive ketones (excluding diaryl/α,β-unsaturated/α-hetero) is 3. The van der Waals surface area contributed by atoms with Gasteiger partial charge in [0.25, 0.3) is 14.7 Å². The molecule has 4 fully saturated rings. The van der Waals surface area contributed by atoms with Crippen LogP contribution in [-0.2, 0) is 62.3 Å². The first-order chi connectivity index (χ1) is 64.9. The van der Waals surface area contributed by atoms with Gasteiger partial charge in [0.1, 0.15) is 0 Å². The molecule has 2 radical (unpaired) electrons. The fraction of sp³-hybridized carbons (Fsp3) is 0.385. The minimum atomic E-state index is -1.31. The number of nitriles is 1. The van der Waals surface area contributed by atoms with Gasteiger partial charge in [0, 0.05) is 171 Å². The lowest BCUT2D eigenvalue weighted by atomic mass is 9.65. The molecule has 5 aliphatic heterocycles. The van der Waals surface area contributed by atoms with Crippen LogP contribution in [0.25, 0.3) is 47.9 Å². The number of benzene rings is 8. The maximum Gasteiger partial charge on any atom is 0.277 e. The van der Waals surface area contributed by atoms with Crippen LogP contribution in [0.3, 0.4) is 0 Å². The number of guanidine groups is 1. The molecule has 0 amide bonds. The number of nitrogens with one attached hydrogen (secondary N) is 1. The summed E-state index contributed by atoms with van der Waals surface area (Å²) in [6, 6.07) is 56.8. The summed E-state index contributed by atoms with van der Waals surface area (Å²) in [6.45, 7) is 43.7. The second-order valence-corrected chi connectivity index (χ2v) is 47.0. The Morgan fingerprint density at radius 2 is 0.956 bits per heavy atom. The van der Waals surface area contributed by atoms with Crippen molar-refractivity contribution < 1.29 is 59.6 Å². The van der Waals surface area contributed by atoms with Crippen LogP contribution < -0.4 is 11.2 Å². The minimum absolute atomic E-state index is 0. The zero-order chi connectivity index (χ0) is 97.8. The molecule has 10 aliphatic rings. The standard InChI is InChI=1S/C22H22N4O2.C21H17N3O.C20H17NO2.C13H13BrO2.C9H7BrO.C7H18N2Si2.C7H4.C4H8Cl2O.CH5NO.B2H2O2.ClH.H2/c1-24-17-5-3-4-15(12-17)16-6-7-18-19(13-16)22(25-20(23)26(2)28-22)14-21(18)8-10-27-11-9-21;1-23-17-4-2-3-15(11-17)16-5-6-19-18(12-16)20(24-14-22)13-21(19)7-9-25-10-8-21;1-21-16-4-2-3-14(11-16)15-5-6-18-17(12-15)19(22)13-20(18)7-9-23-10-8-20;14-9-1-2-11-10(7-9)12(15)8-13(11)3-5-16-6-4-13;10-7-3-1-6-2-4-9(11)8(6)5-7;1-10(2,3)8-7-9-11(4,5)6;1-3-5-7-6-4-2;5-1-3-7-4-2-6;1-2-3;3-1-2-4;;/h3-7,12-13H,8-11,14H2,2H3,(H2,23,25);2-6,11-12H,7-10,13H2;2-6,11-12H,7-10,13H2;1-2,7H,3-6,8H2;1,3,5H,2,4H2;1-6H3;1H,2H3;1-4H2;2-3H,1H3;3-4H;2*1H. The number of aryl methyl sites for hydroxylation is 1. The number of alkyl halides is 2. The summed E-state index contributed by atoms with van der Waals surface area (Å²) in [6.07, 6.45) is 18.9. The average molecular weight is 2060 g/mol. The van der Waals surface area contributed by atoms with Gasteiger partial charge in [-0.25, -0.2) is 34.9 Å². The van der Waals surface area contributed by atoms with Crippen molar-refractivity contribution in [1.29, 1.82) is 5.26 Å². The van der Waals surface area contributed by atoms with Crippen LogP contribution in [0.1, 0.15) is 162 Å². The van der Waals surface area contributed by atoms with E-state index < -0.39 is 22.2 Å². The molecule has 1 atom stereocenters. The largest absolute Gasteiger partial charge is 0.461 e. The van der Waals surface area contributed by atoms with E-state index in [1.54, 1.807) is 30.6 Å². The first-order valence-corrected chi connectivity index (χ1v) is 54.0. The van der Waals surface area contributed by atoms with Crippen molar-refractivity contribution in [2.45, 2.75) is 163 Å². The van der Waals surface area contributed by atoms with E-state index in [1.165, 1.54) is 34.9 Å². The Hall–Kier alpha value is -10.3. The normalized spacial score (nSPS) is 17.7. The summed E-state index contributed by atoms with van der Waals surface area (Å²) >= 11 is 17.3. The highest BCUT2D eigenvalue weighted by molar-refractivity contribution is 9.10. The molecule has 23 nitrogen and oxygen atoms in total. The maximum absolute atomic E-state index is 12.6. The van der Waals surface area contributed by atoms with Gasteiger partial charge in [-0.15, -0.1) is 42.0 Å². The van der Waals surface area contributed by atoms with E-state index in [1.807, 2.05) is 109 Å². The van der Waals surface area contributed by atoms with Crippen molar-refractivity contribution in [3.05, 3.63) is 263 Å². The van der Waals surface area contributed by atoms with E-state index in [0.717, 1.165) is 199 Å². The summed E-state index contributed by atoms with van der Waals surface area (Å²) in [5.74, 6) is 14.3. The van der Waals surface area contributed by atoms with E-state index >= 15 is 0 Å². The number of halogens is 5. The number of rotatable bonds is 10. The Morgan fingerprint density at radius 3 is 1.37 bits per heavy atom. The van der Waals surface area contributed by atoms with Gasteiger partial charge in [-0.2, -0.15) is 10.3 Å². The number of nitrogens with zero attached hydrogens (tertiary/aromatic N) is 9. The highest BCUT2D eigenvalue weighted by Crippen LogP contribution is 2.58. The molecule has 18 rings (SSSR count). The van der Waals surface area contributed by atoms with Gasteiger partial charge < -0.3 is 44.7 Å². The van der Waals surface area contributed by atoms with Crippen LogP contribution in [0, 0.1) is 67.2 Å². The SMILES string of the molecule is C#CC#CC#CC.CNO.C[Si](C)(C)N=C=N[Si](C)(C)C.Cl.ClCCOCCCl.O=C1CC2(CCOCC2)c2ccc(Br)cc21.O=C1CCc2ccc(Br)cc21.O[B][B]O.[C-]#[N+]c1cccc(-c2ccc3c(c2)C(=NC#N)CC32CCOCC2)c1.[C-]#[N+]c1cccc(-c2ccc3c(c2)C(=O)CC32CCOCC2)c1.[C-]#[N+]c1cccc(-c2ccc3c(c2)C2(CC34CCOCC4)N=C(N)N(C)O2)c1.[HH]. The number of nitrogens with two attached hydrogens (primary N) is 1. The van der Waals surface area contributed by atoms with E-state index in [4.69, 9.17) is 109 Å². The zero-order valence-electron chi connectivity index (χ0n) is 78.2. The predicted molar refractivity (Wildman–Crippen MR) is 559 cm³/mol. The lowest BCUT2D eigenvalue weighted by Gasteiger charge is -2.35. The third kappa shape index (κ3) is 30.1. The van der Waals surface area contributed by atoms with Gasteiger partial charge in [0.15, 0.2) is 50.9 Å². The highest BCUT2D eigenvalue weighted by Gasteiger charge is 2.57. The molecule has 5 heterocycles. The molecule has 0 saturated carbocycles. The van der Waals surface area contributed by atoms with E-state index in [2.05, 4.69) is 190 Å². The molecule has 0 aromatic heterocycles. The summed E-state index contributed by atoms with van der Waals surface area (Å²) in [5.41, 5.74) is 27.1. The maximum atomic E-state index is 12.6. The van der Waals surface area contributed by atoms with E-state index in [-0.39, 0.29) is 47.1 Å². The second kappa shape index (κ2) is 53.6. The first-order valence-electron chi connectivity index (χ1n) is 44.5. The van der Waals surface area contributed by atoms with Gasteiger partial charge in [-0.1, -0.05) is 141 Å². The Bertz CT molecular complexity index is 5990. The number of hydrogen-bond donors (Lipinski definition) is 5. The number of carbonyl (C=O) groups excluding carboxylic acids is 3. The lowest BCUT2D eigenvalue weighted by Crippen LogP contribution is -2.35. The van der Waals surface area contributed by atoms with Crippen molar-refractivity contribution in [2.24, 2.45) is 25.0 Å². The third-order valence-corrected chi connectivity index (χ3v) is 27.0. The number of hydrogen-bond acceptors (Lipinski definition) is 20. The quantitative estimate of drug-likeness (QED) is 0.0124. The molecule has 1 unspecified atom stereocenters. The molecule has 708 valence electrons. The highest BCUT2D eigenvalue weighted by atomic mass is 79.9. The van der Waals surface area contributed by atoms with Crippen LogP contribution in [0.15, 0.2) is 192 Å². The molecule has 5 spiro atoms. The van der Waals surface area contributed by atoms with Gasteiger partial charge in [0.05, 0.1) is 44.7 Å². The van der Waals surface area contributed by atoms with Crippen LogP contribution in [0.2, 0.25) is 39.3 Å². The average Bonchev–Trinajstić information content (AvgIpc) is 1.54. The van der Waals surface area contributed by atoms with Crippen LogP contribution in [0.4, 0.5) is 17.1 Å². The molecule has 8 aromatic carbocycles. The fourth-order valence-corrected chi connectivity index (χ4v) is 19.5. The Morgan fingerprint density at radius 1 is 0.559 bits per heavy atom. The van der Waals surface area contributed by atoms with Gasteiger partial charge in [-0.3, -0.25) is 23.7 Å². The smallest absolute Gasteiger partial charge is 0.277 e. The summed E-state index contributed by atoms with van der Waals surface area (Å²) in [7, 11) is 1.71. The van der Waals surface area contributed by atoms with Crippen molar-refractivity contribution in [2.75, 3.05) is 91.9 Å². The molecule has 4 saturated heterocycles. The zero-order valence-corrected chi connectivity index (χ0v) is 85.7. The topological polar surface area (TPSA) is 295 Å². The Kier molecular flexibility index (Phi) is 43.8. The number of ether oxygens (including phenoxy) is 5. The van der Waals surface area contributed by atoms with Gasteiger partial charge in [-0.05, 0) is 250 Å².